The number of nitrogens with zero attached hydrogens (tertiary/aromatic N) is 2. The number of hydrogen-bond acceptors (Lipinski definition) is 4. The second-order valence-electron chi connectivity index (χ2n) is 7.84. The Morgan fingerprint density at radius 3 is 2.57 bits per heavy atom. The quantitative estimate of drug-likeness (QED) is 0.853. The largest absolute Gasteiger partial charge is 0.392 e. The number of hydrogen-bond donors (Lipinski definition) is 2. The number of aliphatic hydroxyl groups is 1. The number of fused-ring (bicyclic) bond motifs is 2. The number of nitrogens with one attached hydrogen (secondary N) is 1. The minimum absolute atomic E-state index is 0.0212. The number of carbonyl (C=O) groups is 2. The van der Waals surface area contributed by atoms with E-state index in [1.807, 2.05) is 41.3 Å². The molecule has 1 aliphatic heterocycles. The summed E-state index contributed by atoms with van der Waals surface area (Å²) in [5, 5.41) is 12.9. The standard InChI is InChI=1S/C22H25N3O3/c1-14(26)23-10-15-5-8-20(24-11-15)16-3-2-4-17(9-16)22(28)25-12-18-6-7-19(13-25)21(18)27/h2-5,8-9,11,18-19,21,27H,6-7,10,12-13H2,1H3,(H,23,26). The van der Waals surface area contributed by atoms with Gasteiger partial charge >= 0.3 is 0 Å². The molecule has 1 saturated carbocycles. The topological polar surface area (TPSA) is 82.5 Å². The number of piperidine rings is 1. The molecule has 2 unspecified atom stereocenters. The molecule has 0 spiro atoms. The van der Waals surface area contributed by atoms with E-state index in [9.17, 15) is 14.7 Å². The lowest BCUT2D eigenvalue weighted by molar-refractivity contribution is -0.119. The van der Waals surface area contributed by atoms with Crippen molar-refractivity contribution < 1.29 is 14.7 Å². The van der Waals surface area contributed by atoms with Crippen LogP contribution < -0.4 is 5.32 Å². The minimum atomic E-state index is -0.254. The van der Waals surface area contributed by atoms with E-state index < -0.39 is 0 Å². The molecule has 1 aromatic heterocycles. The maximum atomic E-state index is 13.0. The third kappa shape index (κ3) is 3.78. The van der Waals surface area contributed by atoms with Crippen molar-refractivity contribution in [1.29, 1.82) is 0 Å². The first-order valence-electron chi connectivity index (χ1n) is 9.78. The molecule has 28 heavy (non-hydrogen) atoms. The maximum absolute atomic E-state index is 13.0. The van der Waals surface area contributed by atoms with Crippen molar-refractivity contribution in [2.75, 3.05) is 13.1 Å². The molecule has 6 nitrogen and oxygen atoms in total. The number of aliphatic hydroxyl groups excluding tert-OH is 1. The third-order valence-corrected chi connectivity index (χ3v) is 5.84. The highest BCUT2D eigenvalue weighted by Crippen LogP contribution is 2.37. The van der Waals surface area contributed by atoms with E-state index in [1.54, 1.807) is 6.20 Å². The van der Waals surface area contributed by atoms with E-state index >= 15 is 0 Å². The lowest BCUT2D eigenvalue weighted by atomic mass is 9.94. The Labute approximate surface area is 164 Å². The maximum Gasteiger partial charge on any atom is 0.253 e. The van der Waals surface area contributed by atoms with Gasteiger partial charge in [0, 0.05) is 55.7 Å². The van der Waals surface area contributed by atoms with Gasteiger partial charge in [0.05, 0.1) is 11.8 Å². The molecule has 2 fully saturated rings. The van der Waals surface area contributed by atoms with E-state index in [0.717, 1.165) is 29.7 Å². The molecule has 2 N–H and O–H groups in total. The Morgan fingerprint density at radius 1 is 1.18 bits per heavy atom. The van der Waals surface area contributed by atoms with Crippen LogP contribution in [0.4, 0.5) is 0 Å². The average molecular weight is 379 g/mol. The summed E-state index contributed by atoms with van der Waals surface area (Å²) in [5.41, 5.74) is 3.25. The molecule has 1 saturated heterocycles. The second-order valence-corrected chi connectivity index (χ2v) is 7.84. The Balaban J connectivity index is 1.48. The molecular formula is C22H25N3O3. The van der Waals surface area contributed by atoms with Crippen LogP contribution in [-0.4, -0.2) is 46.0 Å². The van der Waals surface area contributed by atoms with Gasteiger partial charge in [0.2, 0.25) is 5.91 Å². The lowest BCUT2D eigenvalue weighted by Gasteiger charge is -2.35. The van der Waals surface area contributed by atoms with Crippen molar-refractivity contribution in [3.63, 3.8) is 0 Å². The summed E-state index contributed by atoms with van der Waals surface area (Å²) in [5.74, 6) is 0.370. The third-order valence-electron chi connectivity index (χ3n) is 5.84. The highest BCUT2D eigenvalue weighted by molar-refractivity contribution is 5.95. The van der Waals surface area contributed by atoms with Gasteiger partial charge in [-0.05, 0) is 36.6 Å². The van der Waals surface area contributed by atoms with Crippen LogP contribution in [0.1, 0.15) is 35.7 Å². The van der Waals surface area contributed by atoms with Crippen LogP contribution in [0, 0.1) is 11.8 Å². The first-order chi connectivity index (χ1) is 13.5. The molecule has 1 aliphatic carbocycles. The monoisotopic (exact) mass is 379 g/mol. The Bertz CT molecular complexity index is 867. The van der Waals surface area contributed by atoms with Crippen LogP contribution in [0.5, 0.6) is 0 Å². The van der Waals surface area contributed by atoms with Crippen molar-refractivity contribution in [3.05, 3.63) is 53.7 Å². The fourth-order valence-corrected chi connectivity index (χ4v) is 4.28. The normalized spacial score (nSPS) is 23.5. The average Bonchev–Trinajstić information content (AvgIpc) is 2.92. The number of amides is 2. The zero-order valence-electron chi connectivity index (χ0n) is 16.0. The Morgan fingerprint density at radius 2 is 1.93 bits per heavy atom. The predicted octanol–water partition coefficient (Wildman–Crippen LogP) is 2.23. The molecule has 2 atom stereocenters. The van der Waals surface area contributed by atoms with Crippen molar-refractivity contribution in [2.45, 2.75) is 32.4 Å². The summed E-state index contributed by atoms with van der Waals surface area (Å²) < 4.78 is 0. The number of likely N-dealkylation sites (tertiary alicyclic amines) is 1. The Hall–Kier alpha value is -2.73. The van der Waals surface area contributed by atoms with E-state index in [-0.39, 0.29) is 29.8 Å². The van der Waals surface area contributed by atoms with Gasteiger partial charge in [-0.1, -0.05) is 18.2 Å². The summed E-state index contributed by atoms with van der Waals surface area (Å²) in [6, 6.07) is 11.4. The molecule has 6 heteroatoms. The van der Waals surface area contributed by atoms with E-state index in [1.165, 1.54) is 6.92 Å². The van der Waals surface area contributed by atoms with Crippen molar-refractivity contribution in [2.24, 2.45) is 11.8 Å². The van der Waals surface area contributed by atoms with Crippen molar-refractivity contribution in [1.82, 2.24) is 15.2 Å². The fourth-order valence-electron chi connectivity index (χ4n) is 4.28. The molecular weight excluding hydrogens is 354 g/mol. The van der Waals surface area contributed by atoms with Gasteiger partial charge in [-0.2, -0.15) is 0 Å². The van der Waals surface area contributed by atoms with Crippen LogP contribution in [-0.2, 0) is 11.3 Å². The van der Waals surface area contributed by atoms with Gasteiger partial charge in [-0.15, -0.1) is 0 Å². The molecule has 2 heterocycles. The van der Waals surface area contributed by atoms with Gasteiger partial charge in [0.1, 0.15) is 0 Å². The van der Waals surface area contributed by atoms with Crippen LogP contribution in [0.3, 0.4) is 0 Å². The molecule has 0 radical (unpaired) electrons. The number of benzene rings is 1. The summed E-state index contributed by atoms with van der Waals surface area (Å²) in [6.45, 7) is 3.21. The van der Waals surface area contributed by atoms with Crippen molar-refractivity contribution in [3.8, 4) is 11.3 Å². The number of pyridine rings is 1. The van der Waals surface area contributed by atoms with Crippen LogP contribution in [0.2, 0.25) is 0 Å². The summed E-state index contributed by atoms with van der Waals surface area (Å²) in [6.07, 6.45) is 3.49. The summed E-state index contributed by atoms with van der Waals surface area (Å²) in [4.78, 5) is 30.4. The number of carbonyl (C=O) groups excluding carboxylic acids is 2. The molecule has 2 aliphatic rings. The predicted molar refractivity (Wildman–Crippen MR) is 105 cm³/mol. The van der Waals surface area contributed by atoms with Crippen molar-refractivity contribution >= 4 is 11.8 Å². The summed E-state index contributed by atoms with van der Waals surface area (Å²) in [7, 11) is 0. The van der Waals surface area contributed by atoms with Crippen LogP contribution in [0.15, 0.2) is 42.6 Å². The highest BCUT2D eigenvalue weighted by atomic mass is 16.3. The molecule has 4 rings (SSSR count). The zero-order valence-corrected chi connectivity index (χ0v) is 16.0. The molecule has 2 aromatic rings. The van der Waals surface area contributed by atoms with Gasteiger partial charge in [0.15, 0.2) is 0 Å². The minimum Gasteiger partial charge on any atom is -0.392 e. The van der Waals surface area contributed by atoms with E-state index in [0.29, 0.717) is 25.2 Å². The van der Waals surface area contributed by atoms with Crippen LogP contribution in [0.25, 0.3) is 11.3 Å². The fraction of sp³-hybridized carbons (Fsp3) is 0.409. The molecule has 2 amide bonds. The van der Waals surface area contributed by atoms with Gasteiger partial charge in [-0.25, -0.2) is 0 Å². The van der Waals surface area contributed by atoms with E-state index in [2.05, 4.69) is 10.3 Å². The SMILES string of the molecule is CC(=O)NCc1ccc(-c2cccc(C(=O)N3CC4CCC(C3)C4O)c2)nc1. The van der Waals surface area contributed by atoms with Gasteiger partial charge in [-0.3, -0.25) is 14.6 Å². The first-order valence-corrected chi connectivity index (χ1v) is 9.78. The molecule has 146 valence electrons. The number of rotatable bonds is 4. The first kappa shape index (κ1) is 18.6. The van der Waals surface area contributed by atoms with Crippen LogP contribution >= 0.6 is 0 Å². The molecule has 1 aromatic carbocycles. The Kier molecular flexibility index (Phi) is 5.13. The zero-order chi connectivity index (χ0) is 19.7. The number of aromatic nitrogens is 1. The highest BCUT2D eigenvalue weighted by Gasteiger charge is 2.42. The molecule has 2 bridgehead atoms. The van der Waals surface area contributed by atoms with Gasteiger partial charge in [0.25, 0.3) is 5.91 Å². The smallest absolute Gasteiger partial charge is 0.253 e. The second kappa shape index (κ2) is 7.72. The van der Waals surface area contributed by atoms with Gasteiger partial charge < -0.3 is 15.3 Å². The lowest BCUT2D eigenvalue weighted by Crippen LogP contribution is -2.47. The summed E-state index contributed by atoms with van der Waals surface area (Å²) >= 11 is 0. The van der Waals surface area contributed by atoms with E-state index in [4.69, 9.17) is 0 Å².